The summed E-state index contributed by atoms with van der Waals surface area (Å²) in [4.78, 5) is 11.3. The zero-order chi connectivity index (χ0) is 37.3. The van der Waals surface area contributed by atoms with Gasteiger partial charge < -0.3 is 0 Å². The third-order valence-corrected chi connectivity index (χ3v) is 12.5. The lowest BCUT2D eigenvalue weighted by Gasteiger charge is -2.19. The summed E-state index contributed by atoms with van der Waals surface area (Å²) in [5.41, 5.74) is 22.6. The molecule has 0 spiro atoms. The van der Waals surface area contributed by atoms with Crippen LogP contribution < -0.4 is 0 Å². The summed E-state index contributed by atoms with van der Waals surface area (Å²) in [6.07, 6.45) is 1.61. The van der Waals surface area contributed by atoms with Crippen molar-refractivity contribution in [1.82, 2.24) is 9.97 Å². The van der Waals surface area contributed by atoms with Crippen LogP contribution in [-0.2, 0) is 12.8 Å². The zero-order valence-corrected chi connectivity index (χ0v) is 31.6. The first kappa shape index (κ1) is 32.8. The van der Waals surface area contributed by atoms with Crippen LogP contribution >= 0.6 is 0 Å². The van der Waals surface area contributed by atoms with Crippen LogP contribution in [-0.4, -0.2) is 9.97 Å². The number of pyridine rings is 2. The lowest BCUT2D eigenvalue weighted by molar-refractivity contribution is 0.798. The fraction of sp³-hybridized carbons (Fsp3) is 0.111. The highest BCUT2D eigenvalue weighted by Gasteiger charge is 2.32. The maximum absolute atomic E-state index is 5.66. The van der Waals surface area contributed by atoms with Gasteiger partial charge in [0.15, 0.2) is 0 Å². The SMILES string of the molecule is Cc1cccc2c1C(Cc1cc(-c3ccccc3)c3ccc4c(-c5ccccc5)cc(CC5c6ccccc6-c6cccc(C)c65)nc4c3n1)c1ccccc1-2. The number of rotatable bonds is 6. The van der Waals surface area contributed by atoms with E-state index in [2.05, 4.69) is 184 Å². The number of aryl methyl sites for hydroxylation is 2. The summed E-state index contributed by atoms with van der Waals surface area (Å²) in [5, 5.41) is 2.26. The van der Waals surface area contributed by atoms with Crippen molar-refractivity contribution < 1.29 is 0 Å². The molecule has 2 heterocycles. The van der Waals surface area contributed by atoms with Crippen LogP contribution in [0.25, 0.3) is 66.3 Å². The summed E-state index contributed by atoms with van der Waals surface area (Å²) < 4.78 is 0. The molecule has 0 radical (unpaired) electrons. The van der Waals surface area contributed by atoms with E-state index in [0.717, 1.165) is 46.0 Å². The van der Waals surface area contributed by atoms with Gasteiger partial charge in [-0.2, -0.15) is 0 Å². The predicted octanol–water partition coefficient (Wildman–Crippen LogP) is 13.4. The number of hydrogen-bond acceptors (Lipinski definition) is 2. The first-order chi connectivity index (χ1) is 27.6. The fourth-order valence-corrected chi connectivity index (χ4v) is 10.0. The summed E-state index contributed by atoms with van der Waals surface area (Å²) in [6.45, 7) is 4.52. The Hall–Kier alpha value is -6.64. The molecular formula is C54H40N2. The number of benzene rings is 7. The number of aromatic nitrogens is 2. The third kappa shape index (κ3) is 5.17. The Kier molecular flexibility index (Phi) is 7.60. The van der Waals surface area contributed by atoms with Gasteiger partial charge in [0.1, 0.15) is 0 Å². The molecule has 2 heteroatoms. The molecule has 2 nitrogen and oxygen atoms in total. The Labute approximate surface area is 328 Å². The van der Waals surface area contributed by atoms with E-state index in [-0.39, 0.29) is 11.8 Å². The number of fused-ring (bicyclic) bond motifs is 9. The van der Waals surface area contributed by atoms with E-state index in [0.29, 0.717) is 0 Å². The minimum absolute atomic E-state index is 0.222. The van der Waals surface area contributed by atoms with E-state index in [1.807, 2.05) is 0 Å². The molecule has 0 fully saturated rings. The predicted molar refractivity (Wildman–Crippen MR) is 232 cm³/mol. The molecule has 2 unspecified atom stereocenters. The summed E-state index contributed by atoms with van der Waals surface area (Å²) in [6, 6.07) is 62.3. The second-order valence-corrected chi connectivity index (χ2v) is 15.7. The van der Waals surface area contributed by atoms with Gasteiger partial charge in [0, 0.05) is 46.8 Å². The Morgan fingerprint density at radius 2 is 0.768 bits per heavy atom. The minimum atomic E-state index is 0.222. The normalized spacial score (nSPS) is 15.1. The zero-order valence-electron chi connectivity index (χ0n) is 31.6. The molecule has 0 amide bonds. The van der Waals surface area contributed by atoms with Crippen molar-refractivity contribution in [2.24, 2.45) is 0 Å². The maximum Gasteiger partial charge on any atom is 0.0974 e. The lowest BCUT2D eigenvalue weighted by Crippen LogP contribution is -2.07. The highest BCUT2D eigenvalue weighted by atomic mass is 14.8. The average Bonchev–Trinajstić information content (AvgIpc) is 3.74. The molecule has 0 aliphatic heterocycles. The molecule has 2 atom stereocenters. The smallest absolute Gasteiger partial charge is 0.0974 e. The van der Waals surface area contributed by atoms with Crippen LogP contribution in [0.2, 0.25) is 0 Å². The van der Waals surface area contributed by atoms with Crippen molar-refractivity contribution in [2.75, 3.05) is 0 Å². The molecule has 0 saturated heterocycles. The quantitative estimate of drug-likeness (QED) is 0.160. The largest absolute Gasteiger partial charge is 0.250 e. The van der Waals surface area contributed by atoms with Crippen LogP contribution in [0.15, 0.2) is 170 Å². The monoisotopic (exact) mass is 716 g/mol. The Bertz CT molecular complexity index is 2790. The van der Waals surface area contributed by atoms with Crippen molar-refractivity contribution in [1.29, 1.82) is 0 Å². The first-order valence-electron chi connectivity index (χ1n) is 19.9. The Morgan fingerprint density at radius 1 is 0.375 bits per heavy atom. The second-order valence-electron chi connectivity index (χ2n) is 15.7. The molecule has 7 aromatic carbocycles. The van der Waals surface area contributed by atoms with Crippen molar-refractivity contribution in [2.45, 2.75) is 38.5 Å². The molecule has 56 heavy (non-hydrogen) atoms. The van der Waals surface area contributed by atoms with Gasteiger partial charge in [0.05, 0.1) is 11.0 Å². The molecule has 0 saturated carbocycles. The van der Waals surface area contributed by atoms with Crippen LogP contribution in [0.3, 0.4) is 0 Å². The summed E-state index contributed by atoms with van der Waals surface area (Å²) in [7, 11) is 0. The highest BCUT2D eigenvalue weighted by molar-refractivity contribution is 6.12. The second kappa shape index (κ2) is 13.0. The fourth-order valence-electron chi connectivity index (χ4n) is 10.0. The molecule has 2 aliphatic carbocycles. The van der Waals surface area contributed by atoms with Crippen molar-refractivity contribution in [3.8, 4) is 44.5 Å². The van der Waals surface area contributed by atoms with Crippen LogP contribution in [0.1, 0.15) is 56.6 Å². The van der Waals surface area contributed by atoms with Gasteiger partial charge in [-0.3, -0.25) is 9.97 Å². The van der Waals surface area contributed by atoms with Gasteiger partial charge in [-0.25, -0.2) is 0 Å². The average molecular weight is 717 g/mol. The van der Waals surface area contributed by atoms with Gasteiger partial charge in [0.2, 0.25) is 0 Å². The van der Waals surface area contributed by atoms with E-state index in [4.69, 9.17) is 9.97 Å². The molecule has 2 aliphatic rings. The van der Waals surface area contributed by atoms with Gasteiger partial charge >= 0.3 is 0 Å². The Morgan fingerprint density at radius 3 is 1.21 bits per heavy atom. The van der Waals surface area contributed by atoms with E-state index < -0.39 is 0 Å². The topological polar surface area (TPSA) is 25.8 Å². The Balaban J connectivity index is 1.14. The molecule has 11 rings (SSSR count). The molecule has 2 aromatic heterocycles. The molecule has 0 bridgehead atoms. The van der Waals surface area contributed by atoms with Crippen molar-refractivity contribution in [3.05, 3.63) is 215 Å². The molecule has 0 N–H and O–H groups in total. The van der Waals surface area contributed by atoms with E-state index in [9.17, 15) is 0 Å². The van der Waals surface area contributed by atoms with Gasteiger partial charge in [-0.15, -0.1) is 0 Å². The van der Waals surface area contributed by atoms with E-state index in [1.54, 1.807) is 0 Å². The minimum Gasteiger partial charge on any atom is -0.250 e. The van der Waals surface area contributed by atoms with E-state index >= 15 is 0 Å². The van der Waals surface area contributed by atoms with Crippen LogP contribution in [0.5, 0.6) is 0 Å². The summed E-state index contributed by atoms with van der Waals surface area (Å²) in [5.74, 6) is 0.445. The van der Waals surface area contributed by atoms with Crippen LogP contribution in [0, 0.1) is 13.8 Å². The van der Waals surface area contributed by atoms with Gasteiger partial charge in [-0.1, -0.05) is 158 Å². The lowest BCUT2D eigenvalue weighted by atomic mass is 9.87. The standard InChI is InChI=1S/C54H40N2/c1-33-15-13-25-43-39-21-9-11-23-41(39)49(51(33)43)31-37-29-47(35-17-5-3-6-18-35)45-27-28-46-48(36-19-7-4-8-20-36)30-38(56-54(46)53(45)55-37)32-50-42-24-12-10-22-40(42)44-26-14-16-34(2)52(44)50/h3-30,49-50H,31-32H2,1-2H3. The number of hydrogen-bond donors (Lipinski definition) is 0. The van der Waals surface area contributed by atoms with E-state index in [1.165, 1.54) is 77.9 Å². The highest BCUT2D eigenvalue weighted by Crippen LogP contribution is 2.49. The van der Waals surface area contributed by atoms with Crippen molar-refractivity contribution >= 4 is 21.8 Å². The van der Waals surface area contributed by atoms with Crippen molar-refractivity contribution in [3.63, 3.8) is 0 Å². The van der Waals surface area contributed by atoms with Gasteiger partial charge in [0.25, 0.3) is 0 Å². The van der Waals surface area contributed by atoms with Crippen LogP contribution in [0.4, 0.5) is 0 Å². The molecule has 9 aromatic rings. The maximum atomic E-state index is 5.66. The molecular weight excluding hydrogens is 677 g/mol. The van der Waals surface area contributed by atoms with Gasteiger partial charge in [-0.05, 0) is 104 Å². The third-order valence-electron chi connectivity index (χ3n) is 12.5. The number of nitrogens with zero attached hydrogens (tertiary/aromatic N) is 2. The first-order valence-corrected chi connectivity index (χ1v) is 19.9. The molecule has 266 valence electrons. The summed E-state index contributed by atoms with van der Waals surface area (Å²) >= 11 is 0.